The van der Waals surface area contributed by atoms with Gasteiger partial charge in [0.05, 0.1) is 0 Å². The van der Waals surface area contributed by atoms with Crippen molar-refractivity contribution >= 4 is 33.7 Å². The third kappa shape index (κ3) is 5.44. The zero-order valence-electron chi connectivity index (χ0n) is 11.8. The monoisotopic (exact) mass is 361 g/mol. The Labute approximate surface area is 132 Å². The third-order valence-electron chi connectivity index (χ3n) is 2.64. The zero-order valence-corrected chi connectivity index (χ0v) is 14.2. The Kier molecular flexibility index (Phi) is 6.51. The van der Waals surface area contributed by atoms with Gasteiger partial charge in [0.1, 0.15) is 0 Å². The van der Waals surface area contributed by atoms with Gasteiger partial charge in [-0.25, -0.2) is 4.79 Å². The molecule has 0 radical (unpaired) electrons. The van der Waals surface area contributed by atoms with Crippen molar-refractivity contribution in [2.75, 3.05) is 6.54 Å². The van der Waals surface area contributed by atoms with E-state index in [0.717, 1.165) is 14.9 Å². The highest BCUT2D eigenvalue weighted by atomic mass is 79.9. The predicted octanol–water partition coefficient (Wildman–Crippen LogP) is 2.87. The maximum atomic E-state index is 10.8. The van der Waals surface area contributed by atoms with E-state index in [0.29, 0.717) is 11.8 Å². The van der Waals surface area contributed by atoms with Crippen molar-refractivity contribution in [2.45, 2.75) is 43.1 Å². The van der Waals surface area contributed by atoms with Crippen molar-refractivity contribution in [1.29, 1.82) is 0 Å². The molecule has 0 aliphatic heterocycles. The maximum absolute atomic E-state index is 10.8. The van der Waals surface area contributed by atoms with Crippen LogP contribution in [0.25, 0.3) is 0 Å². The quantitative estimate of drug-likeness (QED) is 0.651. The summed E-state index contributed by atoms with van der Waals surface area (Å²) < 4.78 is 1.02. The number of benzene rings is 1. The maximum Gasteiger partial charge on any atom is 0.336 e. The van der Waals surface area contributed by atoms with Gasteiger partial charge in [0.25, 0.3) is 0 Å². The number of rotatable bonds is 7. The van der Waals surface area contributed by atoms with Gasteiger partial charge in [-0.05, 0) is 24.6 Å². The molecule has 0 saturated carbocycles. The van der Waals surface area contributed by atoms with Crippen molar-refractivity contribution in [3.63, 3.8) is 0 Å². The largest absolute Gasteiger partial charge is 0.479 e. The smallest absolute Gasteiger partial charge is 0.336 e. The van der Waals surface area contributed by atoms with Crippen LogP contribution in [-0.4, -0.2) is 33.6 Å². The molecule has 0 bridgehead atoms. The first-order valence-electron chi connectivity index (χ1n) is 6.34. The fraction of sp³-hybridized carbons (Fsp3) is 0.500. The highest BCUT2D eigenvalue weighted by Crippen LogP contribution is 2.29. The average molecular weight is 362 g/mol. The molecule has 1 unspecified atom stereocenters. The first kappa shape index (κ1) is 17.5. The average Bonchev–Trinajstić information content (AvgIpc) is 2.30. The van der Waals surface area contributed by atoms with Crippen LogP contribution < -0.4 is 5.32 Å². The summed E-state index contributed by atoms with van der Waals surface area (Å²) in [4.78, 5) is 12.0. The molecular formula is C14H20BrNO3S. The van der Waals surface area contributed by atoms with E-state index in [9.17, 15) is 9.90 Å². The van der Waals surface area contributed by atoms with Crippen molar-refractivity contribution in [1.82, 2.24) is 5.32 Å². The Morgan fingerprint density at radius 2 is 2.15 bits per heavy atom. The van der Waals surface area contributed by atoms with E-state index >= 15 is 0 Å². The van der Waals surface area contributed by atoms with E-state index in [1.165, 1.54) is 6.92 Å². The number of nitrogens with one attached hydrogen (secondary N) is 1. The second-order valence-corrected chi connectivity index (χ2v) is 7.64. The molecule has 3 N–H and O–H groups in total. The van der Waals surface area contributed by atoms with Gasteiger partial charge >= 0.3 is 5.97 Å². The standard InChI is InChI=1S/C14H20BrNO3S/c1-9(2)20-12-6-11(15)5-4-10(12)7-16-8-14(3,19)13(17)18/h4-6,9,16,19H,7-8H2,1-3H3,(H,17,18). The van der Waals surface area contributed by atoms with E-state index in [4.69, 9.17) is 5.11 Å². The second-order valence-electron chi connectivity index (χ2n) is 5.10. The zero-order chi connectivity index (χ0) is 15.3. The van der Waals surface area contributed by atoms with E-state index in [1.54, 1.807) is 11.8 Å². The molecule has 0 heterocycles. The molecule has 0 aromatic heterocycles. The van der Waals surface area contributed by atoms with Crippen LogP contribution >= 0.6 is 27.7 Å². The number of carboxylic acid groups (broad SMARTS) is 1. The fourth-order valence-corrected chi connectivity index (χ4v) is 3.06. The van der Waals surface area contributed by atoms with Crippen LogP contribution in [0.1, 0.15) is 26.3 Å². The molecule has 0 aliphatic carbocycles. The summed E-state index contributed by atoms with van der Waals surface area (Å²) in [6, 6.07) is 6.00. The van der Waals surface area contributed by atoms with Crippen molar-refractivity contribution in [2.24, 2.45) is 0 Å². The first-order chi connectivity index (χ1) is 9.22. The molecule has 1 atom stereocenters. The minimum atomic E-state index is -1.75. The molecule has 0 spiro atoms. The van der Waals surface area contributed by atoms with Crippen molar-refractivity contribution in [3.05, 3.63) is 28.2 Å². The Balaban J connectivity index is 2.70. The lowest BCUT2D eigenvalue weighted by molar-refractivity contribution is -0.156. The molecule has 112 valence electrons. The van der Waals surface area contributed by atoms with E-state index in [2.05, 4.69) is 41.2 Å². The van der Waals surface area contributed by atoms with Crippen LogP contribution in [0.3, 0.4) is 0 Å². The molecule has 1 rings (SSSR count). The van der Waals surface area contributed by atoms with Crippen LogP contribution in [0.4, 0.5) is 0 Å². The fourth-order valence-electron chi connectivity index (χ4n) is 1.55. The minimum absolute atomic E-state index is 0.00415. The van der Waals surface area contributed by atoms with Crippen LogP contribution in [-0.2, 0) is 11.3 Å². The summed E-state index contributed by atoms with van der Waals surface area (Å²) in [5.74, 6) is -1.22. The van der Waals surface area contributed by atoms with Gasteiger partial charge < -0.3 is 15.5 Å². The lowest BCUT2D eigenvalue weighted by Gasteiger charge is -2.19. The molecule has 6 heteroatoms. The van der Waals surface area contributed by atoms with Crippen LogP contribution in [0.5, 0.6) is 0 Å². The van der Waals surface area contributed by atoms with Crippen LogP contribution in [0.15, 0.2) is 27.6 Å². The van der Waals surface area contributed by atoms with Crippen molar-refractivity contribution in [3.8, 4) is 0 Å². The van der Waals surface area contributed by atoms with Gasteiger partial charge in [0.15, 0.2) is 5.60 Å². The molecule has 1 aromatic carbocycles. The van der Waals surface area contributed by atoms with Gasteiger partial charge in [-0.3, -0.25) is 0 Å². The van der Waals surface area contributed by atoms with E-state index in [1.807, 2.05) is 12.1 Å². The Bertz CT molecular complexity index is 477. The molecule has 0 fully saturated rings. The predicted molar refractivity (Wildman–Crippen MR) is 85.1 cm³/mol. The van der Waals surface area contributed by atoms with Crippen molar-refractivity contribution < 1.29 is 15.0 Å². The Morgan fingerprint density at radius 1 is 1.50 bits per heavy atom. The Hall–Kier alpha value is -0.560. The summed E-state index contributed by atoms with van der Waals surface area (Å²) in [5, 5.41) is 22.0. The summed E-state index contributed by atoms with van der Waals surface area (Å²) in [7, 11) is 0. The second kappa shape index (κ2) is 7.45. The molecule has 4 nitrogen and oxygen atoms in total. The van der Waals surface area contributed by atoms with Gasteiger partial charge in [0.2, 0.25) is 0 Å². The minimum Gasteiger partial charge on any atom is -0.479 e. The molecule has 0 saturated heterocycles. The van der Waals surface area contributed by atoms with Crippen LogP contribution in [0, 0.1) is 0 Å². The van der Waals surface area contributed by atoms with Crippen LogP contribution in [0.2, 0.25) is 0 Å². The van der Waals surface area contributed by atoms with Gasteiger partial charge in [0, 0.05) is 27.7 Å². The number of aliphatic carboxylic acids is 1. The third-order valence-corrected chi connectivity index (χ3v) is 4.24. The number of thioether (sulfide) groups is 1. The first-order valence-corrected chi connectivity index (χ1v) is 8.01. The number of carbonyl (C=O) groups is 1. The number of aliphatic hydroxyl groups is 1. The summed E-state index contributed by atoms with van der Waals surface area (Å²) in [6.07, 6.45) is 0. The normalized spacial score (nSPS) is 14.3. The lowest BCUT2D eigenvalue weighted by Crippen LogP contribution is -2.44. The van der Waals surface area contributed by atoms with E-state index in [-0.39, 0.29) is 6.54 Å². The lowest BCUT2D eigenvalue weighted by atomic mass is 10.1. The summed E-state index contributed by atoms with van der Waals surface area (Å²) in [6.45, 7) is 6.06. The molecular weight excluding hydrogens is 342 g/mol. The number of carboxylic acids is 1. The number of halogens is 1. The van der Waals surface area contributed by atoms with Gasteiger partial charge in [-0.15, -0.1) is 11.8 Å². The van der Waals surface area contributed by atoms with Gasteiger partial charge in [-0.2, -0.15) is 0 Å². The highest BCUT2D eigenvalue weighted by Gasteiger charge is 2.29. The number of hydrogen-bond donors (Lipinski definition) is 3. The SMILES string of the molecule is CC(C)Sc1cc(Br)ccc1CNCC(C)(O)C(=O)O. The molecule has 0 aliphatic rings. The highest BCUT2D eigenvalue weighted by molar-refractivity contribution is 9.10. The van der Waals surface area contributed by atoms with Gasteiger partial charge in [-0.1, -0.05) is 35.8 Å². The molecule has 0 amide bonds. The Morgan fingerprint density at radius 3 is 2.70 bits per heavy atom. The van der Waals surface area contributed by atoms with E-state index < -0.39 is 11.6 Å². The molecule has 20 heavy (non-hydrogen) atoms. The molecule has 1 aromatic rings. The number of hydrogen-bond acceptors (Lipinski definition) is 4. The topological polar surface area (TPSA) is 69.6 Å². The summed E-state index contributed by atoms with van der Waals surface area (Å²) in [5.41, 5.74) is -0.658. The summed E-state index contributed by atoms with van der Waals surface area (Å²) >= 11 is 5.21.